The van der Waals surface area contributed by atoms with E-state index in [1.54, 1.807) is 6.20 Å². The van der Waals surface area contributed by atoms with Gasteiger partial charge in [-0.2, -0.15) is 0 Å². The van der Waals surface area contributed by atoms with Crippen LogP contribution in [0.4, 0.5) is 5.82 Å². The molecule has 2 unspecified atom stereocenters. The fourth-order valence-electron chi connectivity index (χ4n) is 6.35. The molecule has 0 radical (unpaired) electrons. The summed E-state index contributed by atoms with van der Waals surface area (Å²) in [4.78, 5) is 27.4. The van der Waals surface area contributed by atoms with Gasteiger partial charge < -0.3 is 19.1 Å². The molecule has 0 saturated carbocycles. The molecule has 3 fully saturated rings. The number of piperidine rings is 1. The monoisotopic (exact) mass is 517 g/mol. The van der Waals surface area contributed by atoms with Crippen LogP contribution in [0.2, 0.25) is 0 Å². The van der Waals surface area contributed by atoms with E-state index >= 15 is 0 Å². The molecule has 1 amide bonds. The number of ether oxygens (including phenoxy) is 1. The number of aromatic nitrogens is 2. The van der Waals surface area contributed by atoms with Crippen LogP contribution in [0.5, 0.6) is 0 Å². The van der Waals surface area contributed by atoms with Crippen LogP contribution in [0, 0.1) is 5.92 Å². The first-order valence-corrected chi connectivity index (χ1v) is 14.2. The second-order valence-corrected chi connectivity index (χ2v) is 11.1. The molecule has 3 aliphatic heterocycles. The number of para-hydroxylation sites is 1. The number of pyridine rings is 1. The maximum Gasteiger partial charge on any atom is 0.276 e. The van der Waals surface area contributed by atoms with Gasteiger partial charge >= 0.3 is 0 Å². The van der Waals surface area contributed by atoms with Crippen LogP contribution in [-0.2, 0) is 16.6 Å². The van der Waals surface area contributed by atoms with Crippen LogP contribution < -0.4 is 10.4 Å². The highest BCUT2D eigenvalue weighted by molar-refractivity contribution is 5.93. The molecule has 2 aromatic heterocycles. The number of benzene rings is 1. The Morgan fingerprint density at radius 3 is 2.74 bits per heavy atom. The van der Waals surface area contributed by atoms with Crippen LogP contribution in [0.1, 0.15) is 60.4 Å². The van der Waals surface area contributed by atoms with Crippen molar-refractivity contribution in [1.29, 1.82) is 0 Å². The maximum absolute atomic E-state index is 12.4. The van der Waals surface area contributed by atoms with Crippen LogP contribution >= 0.6 is 0 Å². The minimum atomic E-state index is -0.356. The molecule has 0 spiro atoms. The predicted molar refractivity (Wildman–Crippen MR) is 148 cm³/mol. The van der Waals surface area contributed by atoms with Crippen molar-refractivity contribution in [2.75, 3.05) is 44.2 Å². The molecule has 0 bridgehead atoms. The van der Waals surface area contributed by atoms with E-state index in [-0.39, 0.29) is 12.2 Å². The lowest BCUT2D eigenvalue weighted by Crippen LogP contribution is -2.38. The van der Waals surface area contributed by atoms with Gasteiger partial charge in [0.25, 0.3) is 5.91 Å². The lowest BCUT2D eigenvalue weighted by atomic mass is 9.96. The normalized spacial score (nSPS) is 23.2. The van der Waals surface area contributed by atoms with Gasteiger partial charge in [-0.3, -0.25) is 4.79 Å². The second-order valence-electron chi connectivity index (χ2n) is 11.1. The molecule has 8 nitrogen and oxygen atoms in total. The molecule has 3 aromatic rings. The Labute approximate surface area is 224 Å². The summed E-state index contributed by atoms with van der Waals surface area (Å²) in [5.41, 5.74) is 5.85. The van der Waals surface area contributed by atoms with Crippen molar-refractivity contribution in [3.05, 3.63) is 59.9 Å². The van der Waals surface area contributed by atoms with Crippen molar-refractivity contribution in [3.8, 4) is 0 Å². The van der Waals surface area contributed by atoms with E-state index in [9.17, 15) is 4.79 Å². The lowest BCUT2D eigenvalue weighted by molar-refractivity contribution is -0.186. The fourth-order valence-corrected chi connectivity index (χ4v) is 6.35. The Kier molecular flexibility index (Phi) is 7.63. The molecule has 202 valence electrons. The van der Waals surface area contributed by atoms with Crippen LogP contribution in [-0.4, -0.2) is 66.0 Å². The highest BCUT2D eigenvalue weighted by Gasteiger charge is 2.29. The zero-order valence-corrected chi connectivity index (χ0v) is 22.3. The van der Waals surface area contributed by atoms with Gasteiger partial charge in [-0.05, 0) is 74.2 Å². The van der Waals surface area contributed by atoms with Crippen molar-refractivity contribution in [2.24, 2.45) is 13.0 Å². The van der Waals surface area contributed by atoms with Crippen molar-refractivity contribution in [3.63, 3.8) is 0 Å². The second kappa shape index (κ2) is 11.4. The van der Waals surface area contributed by atoms with Gasteiger partial charge in [0.15, 0.2) is 6.29 Å². The summed E-state index contributed by atoms with van der Waals surface area (Å²) in [6.45, 7) is 6.23. The topological polar surface area (TPSA) is 71.9 Å². The summed E-state index contributed by atoms with van der Waals surface area (Å²) in [5.74, 6) is 2.00. The number of likely N-dealkylation sites (tertiary alicyclic amines) is 1. The molecule has 1 aromatic carbocycles. The highest BCUT2D eigenvalue weighted by atomic mass is 16.8. The van der Waals surface area contributed by atoms with Gasteiger partial charge in [0.05, 0.1) is 5.56 Å². The van der Waals surface area contributed by atoms with Crippen molar-refractivity contribution < 1.29 is 14.4 Å². The number of anilines is 1. The average molecular weight is 518 g/mol. The fraction of sp³-hybridized carbons (Fsp3) is 0.533. The summed E-state index contributed by atoms with van der Waals surface area (Å²) in [6, 6.07) is 12.6. The number of aryl methyl sites for hydroxylation is 1. The summed E-state index contributed by atoms with van der Waals surface area (Å²) in [5, 5.41) is 1.41. The minimum Gasteiger partial charge on any atom is -0.357 e. The van der Waals surface area contributed by atoms with E-state index in [2.05, 4.69) is 62.3 Å². The molecule has 6 rings (SSSR count). The van der Waals surface area contributed by atoms with Crippen molar-refractivity contribution in [1.82, 2.24) is 19.9 Å². The Morgan fingerprint density at radius 1 is 1.08 bits per heavy atom. The van der Waals surface area contributed by atoms with E-state index in [1.807, 2.05) is 12.1 Å². The van der Waals surface area contributed by atoms with Gasteiger partial charge in [0.1, 0.15) is 5.82 Å². The van der Waals surface area contributed by atoms with Crippen molar-refractivity contribution in [2.45, 2.75) is 50.7 Å². The summed E-state index contributed by atoms with van der Waals surface area (Å²) in [7, 11) is 2.16. The molecule has 5 heterocycles. The number of carbonyl (C=O) groups is 1. The Morgan fingerprint density at radius 2 is 1.95 bits per heavy atom. The maximum atomic E-state index is 12.4. The average Bonchev–Trinajstić information content (AvgIpc) is 3.57. The number of hydrogen-bond donors (Lipinski definition) is 1. The van der Waals surface area contributed by atoms with Gasteiger partial charge in [0, 0.05) is 69.6 Å². The van der Waals surface area contributed by atoms with Crippen LogP contribution in [0.15, 0.2) is 48.8 Å². The number of amides is 1. The lowest BCUT2D eigenvalue weighted by Gasteiger charge is -2.34. The molecule has 2 atom stereocenters. The van der Waals surface area contributed by atoms with Gasteiger partial charge in [-0.25, -0.2) is 15.3 Å². The van der Waals surface area contributed by atoms with E-state index in [1.165, 1.54) is 48.8 Å². The Hall–Kier alpha value is -2.94. The number of nitrogens with zero attached hydrogens (tertiary/aromatic N) is 4. The Balaban J connectivity index is 0.963. The first-order chi connectivity index (χ1) is 18.6. The van der Waals surface area contributed by atoms with Gasteiger partial charge in [-0.15, -0.1) is 0 Å². The molecule has 38 heavy (non-hydrogen) atoms. The van der Waals surface area contributed by atoms with Gasteiger partial charge in [-0.1, -0.05) is 18.2 Å². The molecule has 8 heteroatoms. The van der Waals surface area contributed by atoms with E-state index < -0.39 is 0 Å². The van der Waals surface area contributed by atoms with E-state index in [0.717, 1.165) is 50.6 Å². The largest absolute Gasteiger partial charge is 0.357 e. The standard InChI is InChI=1S/C30H39N5O3/c1-33-21-26(25-6-2-3-7-27(25)33)24-13-14-34(20-24)19-22-11-15-35(16-12-22)28-10-9-23(18-31-28)30(36)32-38-29-8-4-5-17-37-29/h2-3,6-7,9-10,18,21-22,24,29H,4-5,8,11-17,19-20H2,1H3,(H,32,36). The molecule has 1 N–H and O–H groups in total. The number of hydrogen-bond acceptors (Lipinski definition) is 6. The van der Waals surface area contributed by atoms with Gasteiger partial charge in [0.2, 0.25) is 0 Å². The number of fused-ring (bicyclic) bond motifs is 1. The number of nitrogens with one attached hydrogen (secondary N) is 1. The molecule has 3 saturated heterocycles. The number of rotatable bonds is 7. The predicted octanol–water partition coefficient (Wildman–Crippen LogP) is 4.47. The molecule has 3 aliphatic rings. The van der Waals surface area contributed by atoms with Crippen LogP contribution in [0.25, 0.3) is 10.9 Å². The highest BCUT2D eigenvalue weighted by Crippen LogP contribution is 2.34. The zero-order valence-electron chi connectivity index (χ0n) is 22.3. The minimum absolute atomic E-state index is 0.288. The third-order valence-electron chi connectivity index (χ3n) is 8.53. The SMILES string of the molecule is Cn1cc(C2CCN(CC3CCN(c4ccc(C(=O)NOC5CCCCO5)cn4)CC3)C2)c2ccccc21. The third-order valence-corrected chi connectivity index (χ3v) is 8.53. The zero-order chi connectivity index (χ0) is 25.9. The number of hydroxylamine groups is 1. The molecular weight excluding hydrogens is 478 g/mol. The first kappa shape index (κ1) is 25.3. The van der Waals surface area contributed by atoms with E-state index in [4.69, 9.17) is 9.57 Å². The first-order valence-electron chi connectivity index (χ1n) is 14.2. The quantitative estimate of drug-likeness (QED) is 0.467. The molecule has 0 aliphatic carbocycles. The van der Waals surface area contributed by atoms with Crippen molar-refractivity contribution >= 4 is 22.6 Å². The molecular formula is C30H39N5O3. The van der Waals surface area contributed by atoms with E-state index in [0.29, 0.717) is 18.1 Å². The summed E-state index contributed by atoms with van der Waals surface area (Å²) >= 11 is 0. The Bertz CT molecular complexity index is 1230. The smallest absolute Gasteiger partial charge is 0.276 e. The number of carbonyl (C=O) groups excluding carboxylic acids is 1. The van der Waals surface area contributed by atoms with Crippen LogP contribution in [0.3, 0.4) is 0 Å². The summed E-state index contributed by atoms with van der Waals surface area (Å²) in [6.07, 6.45) is 10.1. The summed E-state index contributed by atoms with van der Waals surface area (Å²) < 4.78 is 7.77. The third kappa shape index (κ3) is 5.58.